The quantitative estimate of drug-likeness (QED) is 0.00814. The molecule has 584 valence electrons. The molecule has 0 bridgehead atoms. The predicted molar refractivity (Wildman–Crippen MR) is 404 cm³/mol. The van der Waals surface area contributed by atoms with Gasteiger partial charge in [0.1, 0.15) is 76.8 Å². The minimum absolute atomic E-state index is 0.00622. The normalized spacial score (nSPS) is 17.3. The van der Waals surface area contributed by atoms with Crippen molar-refractivity contribution in [2.24, 2.45) is 9.98 Å². The summed E-state index contributed by atoms with van der Waals surface area (Å²) in [5.74, 6) is -10.9. The van der Waals surface area contributed by atoms with E-state index in [0.29, 0.717) is 68.9 Å². The van der Waals surface area contributed by atoms with Crippen molar-refractivity contribution >= 4 is 57.3 Å². The van der Waals surface area contributed by atoms with Crippen LogP contribution in [0.2, 0.25) is 0 Å². The van der Waals surface area contributed by atoms with E-state index in [1.807, 2.05) is 192 Å². The topological polar surface area (TPSA) is 265 Å². The van der Waals surface area contributed by atoms with Crippen LogP contribution in [0, 0.1) is 42.9 Å². The third kappa shape index (κ3) is 16.5. The van der Waals surface area contributed by atoms with Gasteiger partial charge in [-0.05, 0) is 110 Å². The first-order valence-electron chi connectivity index (χ1n) is 35.6. The van der Waals surface area contributed by atoms with Crippen LogP contribution >= 0.6 is 0 Å². The first-order valence-corrected chi connectivity index (χ1v) is 35.6. The summed E-state index contributed by atoms with van der Waals surface area (Å²) in [6.07, 6.45) is -3.45. The Balaban J connectivity index is 0.000000219. The van der Waals surface area contributed by atoms with Crippen molar-refractivity contribution in [2.75, 3.05) is 69.8 Å². The van der Waals surface area contributed by atoms with Crippen LogP contribution in [0.1, 0.15) is 96.8 Å². The van der Waals surface area contributed by atoms with Crippen LogP contribution in [-0.4, -0.2) is 172 Å². The minimum atomic E-state index is -2.42. The Bertz CT molecular complexity index is 5070. The number of aliphatic imine (C=N–C) groups is 2. The molecule has 2 saturated heterocycles. The molecule has 6 atom stereocenters. The predicted octanol–water partition coefficient (Wildman–Crippen LogP) is 13.5. The summed E-state index contributed by atoms with van der Waals surface area (Å²) in [6.45, 7) is 7.29. The zero-order chi connectivity index (χ0) is 79.7. The number of aliphatic hydroxyl groups is 1. The van der Waals surface area contributed by atoms with Gasteiger partial charge in [0.2, 0.25) is 34.8 Å². The van der Waals surface area contributed by atoms with E-state index in [9.17, 15) is 36.6 Å². The molecule has 0 saturated carbocycles. The molecule has 11 aromatic rings. The fourth-order valence-corrected chi connectivity index (χ4v) is 13.3. The van der Waals surface area contributed by atoms with E-state index in [1.54, 1.807) is 64.3 Å². The highest BCUT2D eigenvalue weighted by Gasteiger charge is 2.47. The van der Waals surface area contributed by atoms with Crippen molar-refractivity contribution in [1.82, 2.24) is 49.3 Å². The van der Waals surface area contributed by atoms with Crippen LogP contribution in [0.25, 0.3) is 22.1 Å². The smallest absolute Gasteiger partial charge is 0.311 e. The minimum Gasteiger partial charge on any atom is -0.497 e. The number of hydrogen-bond acceptors (Lipinski definition) is 21. The van der Waals surface area contributed by atoms with Gasteiger partial charge in [-0.25, -0.2) is 52.5 Å². The molecule has 0 spiro atoms. The van der Waals surface area contributed by atoms with Gasteiger partial charge in [0, 0.05) is 41.0 Å². The summed E-state index contributed by atoms with van der Waals surface area (Å²) in [5, 5.41) is 22.2. The number of aryl methyl sites for hydroxylation is 2. The highest BCUT2D eigenvalue weighted by molar-refractivity contribution is 5.93. The number of aliphatic hydroxyl groups excluding tert-OH is 1. The van der Waals surface area contributed by atoms with Crippen molar-refractivity contribution in [3.63, 3.8) is 0 Å². The second kappa shape index (κ2) is 34.6. The standard InChI is InChI=1S/C46H43F5N6O8.C36H40N6O5/c1-25-37-44(54-26(2)56(3)4)52-24-53-45(37)57(55-25)34-22-32(64-35(58)20-21-36(59)65-43-41(50)39(48)38(47)40(49)42(43)51)33(63-34)23-62-46(27-10-8-7-9-11-27,28-12-16-30(60-5)17-13-28)29-14-18-31(61-6)19-15-29;1-23-33-34(39-24(2)41(3)4)37-22-38-35(33)42(40-23)32-20-30(43)31(47-32)21-46-36(25-10-8-7-9-11-25,26-12-16-28(44-5)17-13-26)27-14-18-29(45-6)19-15-27/h7-19,24,32-34H,20-23H2,1-6H3;7-19,22,30-32,43H,20-21H2,1-6H3. The molecule has 4 aromatic heterocycles. The van der Waals surface area contributed by atoms with Crippen molar-refractivity contribution in [3.8, 4) is 28.7 Å². The molecule has 0 radical (unpaired) electrons. The van der Waals surface area contributed by atoms with Crippen molar-refractivity contribution in [2.45, 2.75) is 101 Å². The van der Waals surface area contributed by atoms with Gasteiger partial charge < -0.3 is 62.3 Å². The lowest BCUT2D eigenvalue weighted by Crippen LogP contribution is -2.39. The second-order valence-corrected chi connectivity index (χ2v) is 26.8. The maximum Gasteiger partial charge on any atom is 0.311 e. The van der Waals surface area contributed by atoms with Gasteiger partial charge in [0.25, 0.3) is 0 Å². The number of fused-ring (bicyclic) bond motifs is 2. The van der Waals surface area contributed by atoms with E-state index >= 15 is 0 Å². The lowest BCUT2D eigenvalue weighted by Gasteiger charge is -2.37. The number of rotatable bonds is 25. The largest absolute Gasteiger partial charge is 0.497 e. The Labute approximate surface area is 642 Å². The van der Waals surface area contributed by atoms with E-state index in [-0.39, 0.29) is 19.6 Å². The van der Waals surface area contributed by atoms with E-state index in [2.05, 4.69) is 29.7 Å². The van der Waals surface area contributed by atoms with Crippen LogP contribution in [0.15, 0.2) is 180 Å². The van der Waals surface area contributed by atoms with Gasteiger partial charge >= 0.3 is 11.9 Å². The molecule has 30 heteroatoms. The number of carbonyl (C=O) groups excluding carboxylic acids is 2. The molecule has 1 N–H and O–H groups in total. The summed E-state index contributed by atoms with van der Waals surface area (Å²) in [6, 6.07) is 49.8. The van der Waals surface area contributed by atoms with Crippen molar-refractivity contribution in [1.29, 1.82) is 0 Å². The van der Waals surface area contributed by atoms with Gasteiger partial charge in [-0.15, -0.1) is 0 Å². The summed E-state index contributed by atoms with van der Waals surface area (Å²) < 4.78 is 132. The Morgan fingerprint density at radius 3 is 1.22 bits per heavy atom. The van der Waals surface area contributed by atoms with E-state index in [0.717, 1.165) is 50.7 Å². The number of esters is 2. The molecule has 112 heavy (non-hydrogen) atoms. The van der Waals surface area contributed by atoms with Gasteiger partial charge in [0.05, 0.1) is 82.8 Å². The molecule has 2 aliphatic rings. The van der Waals surface area contributed by atoms with Gasteiger partial charge in [-0.1, -0.05) is 109 Å². The fourth-order valence-electron chi connectivity index (χ4n) is 13.3. The molecule has 6 unspecified atom stereocenters. The first kappa shape index (κ1) is 79.7. The molecule has 25 nitrogen and oxygen atoms in total. The number of ether oxygens (including phenoxy) is 10. The molecule has 2 fully saturated rings. The maximum absolute atomic E-state index is 14.3. The zero-order valence-corrected chi connectivity index (χ0v) is 63.5. The highest BCUT2D eigenvalue weighted by atomic mass is 19.2. The van der Waals surface area contributed by atoms with Crippen LogP contribution < -0.4 is 23.7 Å². The fraction of sp³-hybridized carbons (Fsp3) is 0.317. The molecule has 6 heterocycles. The SMILES string of the molecule is COc1ccc(C(OCC2OC(n3nc(C)c4c(N=C(C)N(C)C)ncnc43)CC2O)(c2ccccc2)c2ccc(OC)cc2)cc1.COc1ccc(C(OCC2OC(n3nc(C)c4c(N=C(C)N(C)C)ncnc43)CC2OC(=O)CCC(=O)Oc2c(F)c(F)c(F)c(F)c2F)(c2ccccc2)c2ccc(OC)cc2)cc1. The summed E-state index contributed by atoms with van der Waals surface area (Å²) in [5.41, 5.74) is 4.74. The van der Waals surface area contributed by atoms with Crippen LogP contribution in [0.5, 0.6) is 28.7 Å². The molecule has 7 aromatic carbocycles. The molecule has 2 aliphatic heterocycles. The average Bonchev–Trinajstić information content (AvgIpc) is 0.865. The van der Waals surface area contributed by atoms with Gasteiger partial charge in [0.15, 0.2) is 35.4 Å². The average molecular weight is 1540 g/mol. The van der Waals surface area contributed by atoms with E-state index < -0.39 is 108 Å². The Hall–Kier alpha value is -11.8. The highest BCUT2D eigenvalue weighted by Crippen LogP contribution is 2.46. The number of nitrogens with zero attached hydrogens (tertiary/aromatic N) is 12. The lowest BCUT2D eigenvalue weighted by molar-refractivity contribution is -0.157. The molecular formula is C82H83F5N12O13. The third-order valence-corrected chi connectivity index (χ3v) is 19.5. The number of methoxy groups -OCH3 is 4. The van der Waals surface area contributed by atoms with Crippen LogP contribution in [0.3, 0.4) is 0 Å². The van der Waals surface area contributed by atoms with Crippen molar-refractivity contribution in [3.05, 3.63) is 244 Å². The number of benzene rings is 7. The lowest BCUT2D eigenvalue weighted by atomic mass is 9.80. The van der Waals surface area contributed by atoms with E-state index in [1.165, 1.54) is 17.3 Å². The summed E-state index contributed by atoms with van der Waals surface area (Å²) in [7, 11) is 13.9. The second-order valence-electron chi connectivity index (χ2n) is 26.8. The summed E-state index contributed by atoms with van der Waals surface area (Å²) >= 11 is 0. The van der Waals surface area contributed by atoms with Crippen LogP contribution in [0.4, 0.5) is 33.6 Å². The number of hydrogen-bond donors (Lipinski definition) is 1. The Morgan fingerprint density at radius 2 is 0.839 bits per heavy atom. The number of carbonyl (C=O) groups is 2. The number of aromatic nitrogens is 8. The van der Waals surface area contributed by atoms with E-state index in [4.69, 9.17) is 57.8 Å². The molecule has 13 rings (SSSR count). The molecule has 0 aliphatic carbocycles. The zero-order valence-electron chi connectivity index (χ0n) is 63.5. The molecule has 0 amide bonds. The number of amidine groups is 2. The maximum atomic E-state index is 14.3. The third-order valence-electron chi connectivity index (χ3n) is 19.5. The van der Waals surface area contributed by atoms with Crippen LogP contribution in [-0.2, 0) is 44.5 Å². The number of halogens is 5. The molecular weight excluding hydrogens is 1460 g/mol. The Kier molecular flexibility index (Phi) is 24.6. The van der Waals surface area contributed by atoms with Crippen molar-refractivity contribution < 1.29 is 84.0 Å². The summed E-state index contributed by atoms with van der Waals surface area (Å²) in [4.78, 5) is 57.1. The Morgan fingerprint density at radius 1 is 0.491 bits per heavy atom. The first-order chi connectivity index (χ1) is 53.9. The van der Waals surface area contributed by atoms with Gasteiger partial charge in [-0.3, -0.25) is 9.59 Å². The van der Waals surface area contributed by atoms with Gasteiger partial charge in [-0.2, -0.15) is 19.0 Å². The monoisotopic (exact) mass is 1540 g/mol.